The molecular formula is C20H19N5O2. The molecule has 0 radical (unpaired) electrons. The Morgan fingerprint density at radius 2 is 2.00 bits per heavy atom. The van der Waals surface area contributed by atoms with Crippen LogP contribution in [0.25, 0.3) is 22.3 Å². The third-order valence-electron chi connectivity index (χ3n) is 4.59. The number of carbonyl (C=O) groups is 1. The van der Waals surface area contributed by atoms with Gasteiger partial charge < -0.3 is 14.4 Å². The minimum atomic E-state index is -0.272. The number of aryl methyl sites for hydroxylation is 3. The predicted molar refractivity (Wildman–Crippen MR) is 103 cm³/mol. The molecular weight excluding hydrogens is 342 g/mol. The van der Waals surface area contributed by atoms with E-state index in [-0.39, 0.29) is 5.91 Å². The number of anilines is 1. The summed E-state index contributed by atoms with van der Waals surface area (Å²) >= 11 is 0. The van der Waals surface area contributed by atoms with Crippen LogP contribution in [0.4, 0.5) is 5.69 Å². The van der Waals surface area contributed by atoms with Crippen LogP contribution in [0.2, 0.25) is 0 Å². The number of nitrogens with one attached hydrogen (secondary N) is 1. The fourth-order valence-corrected chi connectivity index (χ4v) is 3.18. The van der Waals surface area contributed by atoms with Crippen LogP contribution in [-0.2, 0) is 13.5 Å². The van der Waals surface area contributed by atoms with E-state index in [2.05, 4.69) is 31.9 Å². The van der Waals surface area contributed by atoms with E-state index in [4.69, 9.17) is 4.52 Å². The summed E-state index contributed by atoms with van der Waals surface area (Å²) in [5.41, 5.74) is 4.25. The largest absolute Gasteiger partial charge is 0.360 e. The van der Waals surface area contributed by atoms with Gasteiger partial charge in [0, 0.05) is 37.1 Å². The first-order valence-corrected chi connectivity index (χ1v) is 8.72. The molecule has 0 aliphatic rings. The fourth-order valence-electron chi connectivity index (χ4n) is 3.18. The Labute approximate surface area is 156 Å². The Morgan fingerprint density at radius 3 is 2.74 bits per heavy atom. The summed E-state index contributed by atoms with van der Waals surface area (Å²) in [7, 11) is 1.99. The summed E-state index contributed by atoms with van der Waals surface area (Å²) in [6, 6.07) is 9.29. The van der Waals surface area contributed by atoms with E-state index in [1.807, 2.05) is 25.2 Å². The zero-order valence-electron chi connectivity index (χ0n) is 15.4. The average Bonchev–Trinajstić information content (AvgIpc) is 3.22. The molecule has 27 heavy (non-hydrogen) atoms. The molecule has 1 amide bonds. The number of pyridine rings is 1. The smallest absolute Gasteiger partial charge is 0.261 e. The zero-order valence-corrected chi connectivity index (χ0v) is 15.4. The molecule has 0 fully saturated rings. The van der Waals surface area contributed by atoms with Crippen LogP contribution >= 0.6 is 0 Å². The molecule has 0 aliphatic carbocycles. The van der Waals surface area contributed by atoms with Crippen molar-refractivity contribution in [3.63, 3.8) is 0 Å². The summed E-state index contributed by atoms with van der Waals surface area (Å²) in [5, 5.41) is 6.98. The molecule has 0 spiro atoms. The van der Waals surface area contributed by atoms with Gasteiger partial charge in [-0.25, -0.2) is 4.98 Å². The number of rotatable bonds is 4. The molecule has 0 unspecified atom stereocenters. The minimum Gasteiger partial charge on any atom is -0.360 e. The Kier molecular flexibility index (Phi) is 4.19. The van der Waals surface area contributed by atoms with Gasteiger partial charge in [-0.2, -0.15) is 0 Å². The van der Waals surface area contributed by atoms with E-state index in [1.165, 1.54) is 0 Å². The van der Waals surface area contributed by atoms with Crippen LogP contribution in [0.5, 0.6) is 0 Å². The maximum absolute atomic E-state index is 12.9. The number of imidazole rings is 1. The van der Waals surface area contributed by atoms with Crippen LogP contribution in [0, 0.1) is 6.92 Å². The van der Waals surface area contributed by atoms with Gasteiger partial charge in [0.2, 0.25) is 0 Å². The quantitative estimate of drug-likeness (QED) is 0.598. The number of hydrogen-bond acceptors (Lipinski definition) is 5. The maximum atomic E-state index is 12.9. The van der Waals surface area contributed by atoms with Gasteiger partial charge in [-0.15, -0.1) is 0 Å². The fraction of sp³-hybridized carbons (Fsp3) is 0.200. The lowest BCUT2D eigenvalue weighted by atomic mass is 10.1. The molecule has 0 bridgehead atoms. The summed E-state index contributed by atoms with van der Waals surface area (Å²) in [4.78, 5) is 21.5. The lowest BCUT2D eigenvalue weighted by molar-refractivity contribution is 0.102. The molecule has 0 aliphatic heterocycles. The van der Waals surface area contributed by atoms with Crippen LogP contribution in [0.1, 0.15) is 28.9 Å². The second-order valence-corrected chi connectivity index (χ2v) is 6.30. The van der Waals surface area contributed by atoms with E-state index < -0.39 is 0 Å². The van der Waals surface area contributed by atoms with E-state index in [9.17, 15) is 4.79 Å². The van der Waals surface area contributed by atoms with Gasteiger partial charge in [0.1, 0.15) is 22.8 Å². The number of carbonyl (C=O) groups excluding carboxylic acids is 1. The standard InChI is InChI=1S/C20H19N5O2/c1-4-17-23-15-11-14(5-6-16(15)25(17)3)22-20(26)18-12(2)27-24-19(18)13-7-9-21-10-8-13/h5-11H,4H2,1-3H3,(H,22,26). The molecule has 4 rings (SSSR count). The third kappa shape index (κ3) is 2.97. The number of benzene rings is 1. The summed E-state index contributed by atoms with van der Waals surface area (Å²) in [5.74, 6) is 1.20. The SMILES string of the molecule is CCc1nc2cc(NC(=O)c3c(-c4ccncc4)noc3C)ccc2n1C. The van der Waals surface area contributed by atoms with Crippen molar-refractivity contribution < 1.29 is 9.32 Å². The first kappa shape index (κ1) is 17.0. The van der Waals surface area contributed by atoms with E-state index in [0.717, 1.165) is 28.8 Å². The van der Waals surface area contributed by atoms with E-state index in [1.54, 1.807) is 31.5 Å². The monoisotopic (exact) mass is 361 g/mol. The number of nitrogens with zero attached hydrogens (tertiary/aromatic N) is 4. The van der Waals surface area contributed by atoms with Crippen molar-refractivity contribution in [2.24, 2.45) is 7.05 Å². The molecule has 1 N–H and O–H groups in total. The number of amides is 1. The van der Waals surface area contributed by atoms with Gasteiger partial charge in [0.25, 0.3) is 5.91 Å². The third-order valence-corrected chi connectivity index (χ3v) is 4.59. The molecule has 0 atom stereocenters. The lowest BCUT2D eigenvalue weighted by Gasteiger charge is -2.06. The first-order chi connectivity index (χ1) is 13.1. The molecule has 0 saturated carbocycles. The molecule has 1 aromatic carbocycles. The minimum absolute atomic E-state index is 0.272. The van der Waals surface area contributed by atoms with Crippen molar-refractivity contribution in [2.75, 3.05) is 5.32 Å². The molecule has 7 nitrogen and oxygen atoms in total. The maximum Gasteiger partial charge on any atom is 0.261 e. The van der Waals surface area contributed by atoms with Gasteiger partial charge in [-0.3, -0.25) is 9.78 Å². The molecule has 7 heteroatoms. The zero-order chi connectivity index (χ0) is 19.0. The molecule has 0 saturated heterocycles. The second kappa shape index (κ2) is 6.68. The van der Waals surface area contributed by atoms with Gasteiger partial charge in [-0.05, 0) is 37.3 Å². The van der Waals surface area contributed by atoms with Crippen LogP contribution in [0.15, 0.2) is 47.2 Å². The highest BCUT2D eigenvalue weighted by molar-refractivity contribution is 6.09. The van der Waals surface area contributed by atoms with Crippen molar-refractivity contribution in [1.29, 1.82) is 0 Å². The van der Waals surface area contributed by atoms with Crippen LogP contribution in [0.3, 0.4) is 0 Å². The normalized spacial score (nSPS) is 11.1. The number of hydrogen-bond donors (Lipinski definition) is 1. The average molecular weight is 361 g/mol. The lowest BCUT2D eigenvalue weighted by Crippen LogP contribution is -2.13. The van der Waals surface area contributed by atoms with Gasteiger partial charge in [-0.1, -0.05) is 12.1 Å². The van der Waals surface area contributed by atoms with Gasteiger partial charge in [0.15, 0.2) is 0 Å². The van der Waals surface area contributed by atoms with E-state index in [0.29, 0.717) is 22.7 Å². The Morgan fingerprint density at radius 1 is 1.22 bits per heavy atom. The molecule has 136 valence electrons. The number of fused-ring (bicyclic) bond motifs is 1. The van der Waals surface area contributed by atoms with Crippen LogP contribution in [-0.4, -0.2) is 25.6 Å². The highest BCUT2D eigenvalue weighted by atomic mass is 16.5. The Hall–Kier alpha value is -3.48. The van der Waals surface area contributed by atoms with Crippen molar-refractivity contribution >= 4 is 22.6 Å². The van der Waals surface area contributed by atoms with E-state index >= 15 is 0 Å². The number of aromatic nitrogens is 4. The first-order valence-electron chi connectivity index (χ1n) is 8.72. The summed E-state index contributed by atoms with van der Waals surface area (Å²) < 4.78 is 7.33. The van der Waals surface area contributed by atoms with Gasteiger partial charge in [0.05, 0.1) is 11.0 Å². The predicted octanol–water partition coefficient (Wildman–Crippen LogP) is 3.75. The van der Waals surface area contributed by atoms with Crippen molar-refractivity contribution in [3.05, 3.63) is 59.9 Å². The van der Waals surface area contributed by atoms with Gasteiger partial charge >= 0.3 is 0 Å². The summed E-state index contributed by atoms with van der Waals surface area (Å²) in [6.07, 6.45) is 4.16. The second-order valence-electron chi connectivity index (χ2n) is 6.30. The van der Waals surface area contributed by atoms with Crippen molar-refractivity contribution in [2.45, 2.75) is 20.3 Å². The topological polar surface area (TPSA) is 85.8 Å². The Balaban J connectivity index is 1.67. The summed E-state index contributed by atoms with van der Waals surface area (Å²) in [6.45, 7) is 3.79. The Bertz CT molecular complexity index is 1130. The van der Waals surface area contributed by atoms with Crippen molar-refractivity contribution in [3.8, 4) is 11.3 Å². The van der Waals surface area contributed by atoms with Crippen molar-refractivity contribution in [1.82, 2.24) is 19.7 Å². The highest BCUT2D eigenvalue weighted by Gasteiger charge is 2.22. The molecule has 4 aromatic rings. The molecule has 3 aromatic heterocycles. The molecule has 3 heterocycles. The van der Waals surface area contributed by atoms with Crippen LogP contribution < -0.4 is 5.32 Å². The highest BCUT2D eigenvalue weighted by Crippen LogP contribution is 2.26.